The average Bonchev–Trinajstić information content (AvgIpc) is 2.35. The number of ether oxygens (including phenoxy) is 2. The Balaban J connectivity index is 3.10. The fourth-order valence-electron chi connectivity index (χ4n) is 1.87. The van der Waals surface area contributed by atoms with Crippen LogP contribution in [0.3, 0.4) is 0 Å². The molecule has 0 aliphatic heterocycles. The fourth-order valence-corrected chi connectivity index (χ4v) is 1.87. The van der Waals surface area contributed by atoms with Crippen LogP contribution in [0.25, 0.3) is 0 Å². The first-order valence-electron chi connectivity index (χ1n) is 6.00. The maximum atomic E-state index is 13.4. The molecule has 0 aromatic heterocycles. The molecule has 2 unspecified atom stereocenters. The highest BCUT2D eigenvalue weighted by Gasteiger charge is 2.40. The molecule has 0 saturated heterocycles. The minimum atomic E-state index is -1.09. The van der Waals surface area contributed by atoms with Crippen LogP contribution < -0.4 is 5.32 Å². The van der Waals surface area contributed by atoms with Crippen LogP contribution in [0.15, 0.2) is 18.2 Å². The van der Waals surface area contributed by atoms with E-state index in [4.69, 9.17) is 9.47 Å². The zero-order valence-corrected chi connectivity index (χ0v) is 11.9. The predicted molar refractivity (Wildman–Crippen MR) is 71.7 cm³/mol. The molecular weight excluding hydrogens is 249 g/mol. The van der Waals surface area contributed by atoms with Crippen molar-refractivity contribution in [1.82, 2.24) is 0 Å². The van der Waals surface area contributed by atoms with Crippen molar-refractivity contribution in [3.8, 4) is 0 Å². The molecule has 5 heteroatoms. The molecule has 0 bridgehead atoms. The van der Waals surface area contributed by atoms with Gasteiger partial charge in [0.1, 0.15) is 5.82 Å². The maximum absolute atomic E-state index is 13.4. The number of carbonyl (C=O) groups excluding carboxylic acids is 1. The normalized spacial score (nSPS) is 15.5. The lowest BCUT2D eigenvalue weighted by atomic mass is 9.95. The third-order valence-electron chi connectivity index (χ3n) is 3.22. The number of carbonyl (C=O) groups is 1. The van der Waals surface area contributed by atoms with E-state index in [2.05, 4.69) is 5.32 Å². The number of hydrogen-bond acceptors (Lipinski definition) is 4. The third kappa shape index (κ3) is 3.44. The Morgan fingerprint density at radius 2 is 2.00 bits per heavy atom. The van der Waals surface area contributed by atoms with Gasteiger partial charge in [0.05, 0.1) is 13.2 Å². The molecule has 19 heavy (non-hydrogen) atoms. The maximum Gasteiger partial charge on any atom is 0.333 e. The molecule has 0 heterocycles. The van der Waals surface area contributed by atoms with E-state index in [-0.39, 0.29) is 5.82 Å². The Hall–Kier alpha value is -1.62. The molecule has 1 N–H and O–H groups in total. The van der Waals surface area contributed by atoms with Gasteiger partial charge in [-0.3, -0.25) is 0 Å². The Morgan fingerprint density at radius 3 is 2.47 bits per heavy atom. The molecule has 1 aromatic carbocycles. The zero-order chi connectivity index (χ0) is 14.6. The molecule has 0 saturated carbocycles. The van der Waals surface area contributed by atoms with E-state index >= 15 is 0 Å². The molecule has 2 atom stereocenters. The monoisotopic (exact) mass is 269 g/mol. The molecule has 0 aliphatic rings. The smallest absolute Gasteiger partial charge is 0.333 e. The summed E-state index contributed by atoms with van der Waals surface area (Å²) in [7, 11) is 2.81. The van der Waals surface area contributed by atoms with Crippen molar-refractivity contribution in [2.24, 2.45) is 0 Å². The van der Waals surface area contributed by atoms with Gasteiger partial charge in [0.2, 0.25) is 0 Å². The van der Waals surface area contributed by atoms with Crippen molar-refractivity contribution in [3.63, 3.8) is 0 Å². The van der Waals surface area contributed by atoms with Crippen LogP contribution in [-0.2, 0) is 14.3 Å². The highest BCUT2D eigenvalue weighted by molar-refractivity contribution is 5.85. The molecular formula is C14H20FNO3. The summed E-state index contributed by atoms with van der Waals surface area (Å²) in [6.07, 6.45) is -0.441. The highest BCUT2D eigenvalue weighted by atomic mass is 19.1. The van der Waals surface area contributed by atoms with E-state index < -0.39 is 17.6 Å². The first-order chi connectivity index (χ1) is 8.83. The van der Waals surface area contributed by atoms with Crippen LogP contribution >= 0.6 is 0 Å². The molecule has 0 spiro atoms. The fraction of sp³-hybridized carbons (Fsp3) is 0.500. The first-order valence-corrected chi connectivity index (χ1v) is 6.00. The highest BCUT2D eigenvalue weighted by Crippen LogP contribution is 2.23. The third-order valence-corrected chi connectivity index (χ3v) is 3.22. The van der Waals surface area contributed by atoms with Crippen molar-refractivity contribution >= 4 is 11.7 Å². The summed E-state index contributed by atoms with van der Waals surface area (Å²) in [5.41, 5.74) is 0.179. The van der Waals surface area contributed by atoms with Crippen LogP contribution in [0, 0.1) is 12.7 Å². The largest absolute Gasteiger partial charge is 0.467 e. The second kappa shape index (κ2) is 6.02. The number of anilines is 1. The number of hydrogen-bond donors (Lipinski definition) is 1. The van der Waals surface area contributed by atoms with E-state index in [0.717, 1.165) is 5.56 Å². The summed E-state index contributed by atoms with van der Waals surface area (Å²) in [6.45, 7) is 5.19. The molecule has 106 valence electrons. The number of rotatable bonds is 5. The summed E-state index contributed by atoms with van der Waals surface area (Å²) in [4.78, 5) is 11.9. The Labute approximate surface area is 112 Å². The number of halogens is 1. The van der Waals surface area contributed by atoms with E-state index in [1.165, 1.54) is 26.4 Å². The van der Waals surface area contributed by atoms with E-state index in [9.17, 15) is 9.18 Å². The first kappa shape index (κ1) is 15.4. The summed E-state index contributed by atoms with van der Waals surface area (Å²) < 4.78 is 23.4. The van der Waals surface area contributed by atoms with Gasteiger partial charge >= 0.3 is 5.97 Å². The van der Waals surface area contributed by atoms with Gasteiger partial charge < -0.3 is 14.8 Å². The summed E-state index contributed by atoms with van der Waals surface area (Å²) in [5.74, 6) is -0.830. The molecule has 0 radical (unpaired) electrons. The second-order valence-corrected chi connectivity index (χ2v) is 4.71. The van der Waals surface area contributed by atoms with Crippen molar-refractivity contribution < 1.29 is 18.7 Å². The second-order valence-electron chi connectivity index (χ2n) is 4.71. The molecule has 0 amide bonds. The summed E-state index contributed by atoms with van der Waals surface area (Å²) >= 11 is 0. The van der Waals surface area contributed by atoms with E-state index in [1.807, 2.05) is 0 Å². The zero-order valence-electron chi connectivity index (χ0n) is 11.9. The van der Waals surface area contributed by atoms with Gasteiger partial charge in [-0.15, -0.1) is 0 Å². The van der Waals surface area contributed by atoms with Gasteiger partial charge in [-0.25, -0.2) is 9.18 Å². The van der Waals surface area contributed by atoms with Gasteiger partial charge in [-0.05, 0) is 44.5 Å². The van der Waals surface area contributed by atoms with E-state index in [1.54, 1.807) is 26.8 Å². The summed E-state index contributed by atoms with van der Waals surface area (Å²) in [6, 6.07) is 4.50. The van der Waals surface area contributed by atoms with Crippen molar-refractivity contribution in [2.45, 2.75) is 32.4 Å². The number of esters is 1. The van der Waals surface area contributed by atoms with Crippen molar-refractivity contribution in [2.75, 3.05) is 19.5 Å². The number of nitrogens with one attached hydrogen (secondary N) is 1. The SMILES string of the molecule is COC(=O)C(C)(Nc1cc(C)cc(F)c1)C(C)OC. The van der Waals surface area contributed by atoms with Gasteiger partial charge in [0.15, 0.2) is 5.54 Å². The van der Waals surface area contributed by atoms with Crippen LogP contribution in [0.4, 0.5) is 10.1 Å². The average molecular weight is 269 g/mol. The standard InChI is InChI=1S/C14H20FNO3/c1-9-6-11(15)8-12(7-9)16-14(3,10(2)18-4)13(17)19-5/h6-8,10,16H,1-5H3. The topological polar surface area (TPSA) is 47.6 Å². The molecule has 1 rings (SSSR count). The molecule has 0 fully saturated rings. The van der Waals surface area contributed by atoms with Gasteiger partial charge in [-0.1, -0.05) is 0 Å². The minimum absolute atomic E-state index is 0.361. The molecule has 1 aromatic rings. The molecule has 0 aliphatic carbocycles. The lowest BCUT2D eigenvalue weighted by Gasteiger charge is -2.33. The Bertz CT molecular complexity index is 444. The Morgan fingerprint density at radius 1 is 1.37 bits per heavy atom. The van der Waals surface area contributed by atoms with Crippen molar-refractivity contribution in [3.05, 3.63) is 29.6 Å². The number of methoxy groups -OCH3 is 2. The summed E-state index contributed by atoms with van der Waals surface area (Å²) in [5, 5.41) is 3.00. The van der Waals surface area contributed by atoms with Gasteiger partial charge in [0.25, 0.3) is 0 Å². The van der Waals surface area contributed by atoms with Crippen LogP contribution in [0.5, 0.6) is 0 Å². The van der Waals surface area contributed by atoms with Crippen molar-refractivity contribution in [1.29, 1.82) is 0 Å². The minimum Gasteiger partial charge on any atom is -0.467 e. The lowest BCUT2D eigenvalue weighted by Crippen LogP contribution is -2.53. The number of benzene rings is 1. The van der Waals surface area contributed by atoms with Crippen LogP contribution in [0.1, 0.15) is 19.4 Å². The quantitative estimate of drug-likeness (QED) is 0.834. The lowest BCUT2D eigenvalue weighted by molar-refractivity contribution is -0.149. The predicted octanol–water partition coefficient (Wildman–Crippen LogP) is 2.51. The van der Waals surface area contributed by atoms with Crippen LogP contribution in [0.2, 0.25) is 0 Å². The van der Waals surface area contributed by atoms with Gasteiger partial charge in [0, 0.05) is 12.8 Å². The number of aryl methyl sites for hydroxylation is 1. The Kier molecular flexibility index (Phi) is 4.89. The van der Waals surface area contributed by atoms with Gasteiger partial charge in [-0.2, -0.15) is 0 Å². The van der Waals surface area contributed by atoms with Crippen LogP contribution in [-0.4, -0.2) is 31.8 Å². The molecule has 4 nitrogen and oxygen atoms in total. The van der Waals surface area contributed by atoms with E-state index in [0.29, 0.717) is 5.69 Å².